The standard InChI is InChI=1S/C25H25N3O2/c1-16-8-7-13-22-23(16)18(15-28(22)3)14-26-20-11-4-5-12-21(20)27-24-17(2)9-6-10-19(24)25(29)30/h4-13,15,26-27H,14H2,1-3H3,(H,29,30). The Kier molecular flexibility index (Phi) is 5.19. The smallest absolute Gasteiger partial charge is 0.337 e. The summed E-state index contributed by atoms with van der Waals surface area (Å²) in [5.41, 5.74) is 7.20. The molecule has 0 aliphatic heterocycles. The summed E-state index contributed by atoms with van der Waals surface area (Å²) in [6, 6.07) is 19.5. The number of aryl methyl sites for hydroxylation is 3. The van der Waals surface area contributed by atoms with Crippen molar-refractivity contribution >= 4 is 33.9 Å². The van der Waals surface area contributed by atoms with E-state index in [2.05, 4.69) is 53.6 Å². The van der Waals surface area contributed by atoms with E-state index in [4.69, 9.17) is 0 Å². The fourth-order valence-electron chi connectivity index (χ4n) is 3.95. The second-order valence-corrected chi connectivity index (χ2v) is 7.56. The Morgan fingerprint density at radius 3 is 2.40 bits per heavy atom. The van der Waals surface area contributed by atoms with Crippen LogP contribution in [0.2, 0.25) is 0 Å². The maximum Gasteiger partial charge on any atom is 0.337 e. The first kappa shape index (κ1) is 19.6. The highest BCUT2D eigenvalue weighted by molar-refractivity contribution is 5.97. The van der Waals surface area contributed by atoms with Gasteiger partial charge in [0, 0.05) is 30.7 Å². The molecule has 1 aromatic heterocycles. The maximum atomic E-state index is 11.7. The van der Waals surface area contributed by atoms with Crippen LogP contribution in [0.1, 0.15) is 27.0 Å². The number of fused-ring (bicyclic) bond motifs is 1. The summed E-state index contributed by atoms with van der Waals surface area (Å²) in [7, 11) is 2.06. The van der Waals surface area contributed by atoms with Crippen LogP contribution in [0, 0.1) is 13.8 Å². The molecular formula is C25H25N3O2. The highest BCUT2D eigenvalue weighted by atomic mass is 16.4. The van der Waals surface area contributed by atoms with E-state index in [1.54, 1.807) is 12.1 Å². The van der Waals surface area contributed by atoms with Gasteiger partial charge in [-0.3, -0.25) is 0 Å². The minimum atomic E-state index is -0.946. The molecule has 0 radical (unpaired) electrons. The molecule has 1 heterocycles. The number of carboxylic acids is 1. The molecule has 3 aromatic carbocycles. The zero-order valence-corrected chi connectivity index (χ0v) is 17.4. The largest absolute Gasteiger partial charge is 0.478 e. The summed E-state index contributed by atoms with van der Waals surface area (Å²) in [5.74, 6) is -0.946. The third-order valence-corrected chi connectivity index (χ3v) is 5.46. The van der Waals surface area contributed by atoms with E-state index in [1.807, 2.05) is 37.3 Å². The molecular weight excluding hydrogens is 374 g/mol. The second-order valence-electron chi connectivity index (χ2n) is 7.56. The molecule has 152 valence electrons. The number of aromatic carboxylic acids is 1. The molecule has 5 nitrogen and oxygen atoms in total. The maximum absolute atomic E-state index is 11.7. The van der Waals surface area contributed by atoms with Gasteiger partial charge in [0.15, 0.2) is 0 Å². The zero-order chi connectivity index (χ0) is 21.3. The van der Waals surface area contributed by atoms with E-state index in [0.29, 0.717) is 12.2 Å². The normalized spacial score (nSPS) is 10.9. The topological polar surface area (TPSA) is 66.3 Å². The van der Waals surface area contributed by atoms with Gasteiger partial charge in [0.1, 0.15) is 0 Å². The molecule has 3 N–H and O–H groups in total. The summed E-state index contributed by atoms with van der Waals surface area (Å²) in [6.45, 7) is 4.71. The van der Waals surface area contributed by atoms with E-state index >= 15 is 0 Å². The number of para-hydroxylation sites is 3. The van der Waals surface area contributed by atoms with Crippen molar-refractivity contribution in [3.05, 3.63) is 89.1 Å². The summed E-state index contributed by atoms with van der Waals surface area (Å²) < 4.78 is 2.15. The lowest BCUT2D eigenvalue weighted by Crippen LogP contribution is -2.07. The molecule has 0 fully saturated rings. The van der Waals surface area contributed by atoms with Crippen molar-refractivity contribution in [1.29, 1.82) is 0 Å². The van der Waals surface area contributed by atoms with Gasteiger partial charge in [-0.1, -0.05) is 36.4 Å². The summed E-state index contributed by atoms with van der Waals surface area (Å²) in [6.07, 6.45) is 2.16. The molecule has 0 aliphatic carbocycles. The summed E-state index contributed by atoms with van der Waals surface area (Å²) in [4.78, 5) is 11.7. The minimum absolute atomic E-state index is 0.259. The van der Waals surface area contributed by atoms with Crippen molar-refractivity contribution in [3.8, 4) is 0 Å². The minimum Gasteiger partial charge on any atom is -0.478 e. The van der Waals surface area contributed by atoms with Gasteiger partial charge in [-0.2, -0.15) is 0 Å². The third-order valence-electron chi connectivity index (χ3n) is 5.46. The Labute approximate surface area is 176 Å². The number of rotatable bonds is 6. The van der Waals surface area contributed by atoms with Crippen LogP contribution in [0.3, 0.4) is 0 Å². The van der Waals surface area contributed by atoms with E-state index in [1.165, 1.54) is 22.0 Å². The summed E-state index contributed by atoms with van der Waals surface area (Å²) >= 11 is 0. The quantitative estimate of drug-likeness (QED) is 0.380. The third kappa shape index (κ3) is 3.62. The van der Waals surface area contributed by atoms with E-state index in [0.717, 1.165) is 16.9 Å². The molecule has 5 heteroatoms. The number of carboxylic acid groups (broad SMARTS) is 1. The average Bonchev–Trinajstić information content (AvgIpc) is 3.05. The predicted octanol–water partition coefficient (Wildman–Crippen LogP) is 5.85. The van der Waals surface area contributed by atoms with Crippen LogP contribution in [0.15, 0.2) is 66.9 Å². The van der Waals surface area contributed by atoms with Crippen molar-refractivity contribution in [2.45, 2.75) is 20.4 Å². The predicted molar refractivity (Wildman–Crippen MR) is 123 cm³/mol. The van der Waals surface area contributed by atoms with Crippen LogP contribution >= 0.6 is 0 Å². The number of nitrogens with one attached hydrogen (secondary N) is 2. The second kappa shape index (κ2) is 7.95. The number of hydrogen-bond acceptors (Lipinski definition) is 3. The molecule has 0 bridgehead atoms. The van der Waals surface area contributed by atoms with Gasteiger partial charge in [-0.15, -0.1) is 0 Å². The monoisotopic (exact) mass is 399 g/mol. The van der Waals surface area contributed by atoms with E-state index in [9.17, 15) is 9.90 Å². The van der Waals surface area contributed by atoms with Crippen molar-refractivity contribution < 1.29 is 9.90 Å². The molecule has 0 atom stereocenters. The number of nitrogens with zero attached hydrogens (tertiary/aromatic N) is 1. The molecule has 0 amide bonds. The Balaban J connectivity index is 1.64. The van der Waals surface area contributed by atoms with Crippen LogP contribution in [0.25, 0.3) is 10.9 Å². The van der Waals surface area contributed by atoms with Gasteiger partial charge in [0.25, 0.3) is 0 Å². The first-order chi connectivity index (χ1) is 14.5. The lowest BCUT2D eigenvalue weighted by molar-refractivity contribution is 0.0698. The lowest BCUT2D eigenvalue weighted by atomic mass is 10.1. The Morgan fingerprint density at radius 2 is 1.63 bits per heavy atom. The average molecular weight is 399 g/mol. The highest BCUT2D eigenvalue weighted by Gasteiger charge is 2.14. The van der Waals surface area contributed by atoms with Crippen LogP contribution < -0.4 is 10.6 Å². The zero-order valence-electron chi connectivity index (χ0n) is 17.4. The van der Waals surface area contributed by atoms with Gasteiger partial charge >= 0.3 is 5.97 Å². The molecule has 0 spiro atoms. The molecule has 4 aromatic rings. The van der Waals surface area contributed by atoms with Gasteiger partial charge < -0.3 is 20.3 Å². The van der Waals surface area contributed by atoms with Crippen molar-refractivity contribution in [2.75, 3.05) is 10.6 Å². The van der Waals surface area contributed by atoms with Crippen LogP contribution in [-0.2, 0) is 13.6 Å². The Morgan fingerprint density at radius 1 is 0.933 bits per heavy atom. The van der Waals surface area contributed by atoms with Crippen molar-refractivity contribution in [2.24, 2.45) is 7.05 Å². The lowest BCUT2D eigenvalue weighted by Gasteiger charge is -2.17. The SMILES string of the molecule is Cc1cccc(C(=O)O)c1Nc1ccccc1NCc1cn(C)c2cccc(C)c12. The molecule has 0 unspecified atom stereocenters. The van der Waals surface area contributed by atoms with Gasteiger partial charge in [0.05, 0.1) is 22.6 Å². The Bertz CT molecular complexity index is 1240. The first-order valence-electron chi connectivity index (χ1n) is 9.92. The van der Waals surface area contributed by atoms with Crippen LogP contribution in [0.5, 0.6) is 0 Å². The van der Waals surface area contributed by atoms with Crippen LogP contribution in [-0.4, -0.2) is 15.6 Å². The number of aromatic nitrogens is 1. The highest BCUT2D eigenvalue weighted by Crippen LogP contribution is 2.31. The number of anilines is 3. The Hall–Kier alpha value is -3.73. The fourth-order valence-corrected chi connectivity index (χ4v) is 3.95. The van der Waals surface area contributed by atoms with Crippen molar-refractivity contribution in [3.63, 3.8) is 0 Å². The molecule has 4 rings (SSSR count). The number of carbonyl (C=O) groups is 1. The molecule has 0 saturated carbocycles. The van der Waals surface area contributed by atoms with E-state index in [-0.39, 0.29) is 5.56 Å². The van der Waals surface area contributed by atoms with Gasteiger partial charge in [0.2, 0.25) is 0 Å². The number of benzene rings is 3. The first-order valence-corrected chi connectivity index (χ1v) is 9.92. The molecule has 0 aliphatic rings. The number of hydrogen-bond donors (Lipinski definition) is 3. The van der Waals surface area contributed by atoms with Gasteiger partial charge in [-0.25, -0.2) is 4.79 Å². The van der Waals surface area contributed by atoms with Crippen LogP contribution in [0.4, 0.5) is 17.1 Å². The van der Waals surface area contributed by atoms with Gasteiger partial charge in [-0.05, 0) is 54.8 Å². The molecule has 0 saturated heterocycles. The fraction of sp³-hybridized carbons (Fsp3) is 0.160. The summed E-state index contributed by atoms with van der Waals surface area (Å²) in [5, 5.41) is 17.7. The molecule has 30 heavy (non-hydrogen) atoms. The van der Waals surface area contributed by atoms with Crippen molar-refractivity contribution in [1.82, 2.24) is 4.57 Å². The van der Waals surface area contributed by atoms with E-state index < -0.39 is 5.97 Å².